The fraction of sp³-hybridized carbons (Fsp3) is 0.238. The van der Waals surface area contributed by atoms with Gasteiger partial charge >= 0.3 is 11.8 Å². The van der Waals surface area contributed by atoms with Crippen LogP contribution in [0.4, 0.5) is 5.69 Å². The van der Waals surface area contributed by atoms with Gasteiger partial charge in [-0.2, -0.15) is 5.10 Å². The maximum Gasteiger partial charge on any atom is 0.329 e. The lowest BCUT2D eigenvalue weighted by molar-refractivity contribution is -0.139. The first-order chi connectivity index (χ1) is 15.4. The van der Waals surface area contributed by atoms with Crippen molar-refractivity contribution in [1.82, 2.24) is 10.7 Å². The van der Waals surface area contributed by atoms with E-state index in [1.165, 1.54) is 6.21 Å². The van der Waals surface area contributed by atoms with Crippen molar-refractivity contribution in [2.75, 3.05) is 32.2 Å². The molecule has 2 aromatic rings. The third kappa shape index (κ3) is 8.93. The molecule has 32 heavy (non-hydrogen) atoms. The highest BCUT2D eigenvalue weighted by Gasteiger charge is 2.11. The first-order valence-electron chi connectivity index (χ1n) is 9.47. The zero-order valence-electron chi connectivity index (χ0n) is 17.2. The van der Waals surface area contributed by atoms with Gasteiger partial charge in [-0.05, 0) is 54.4 Å². The Morgan fingerprint density at radius 3 is 2.47 bits per heavy atom. The van der Waals surface area contributed by atoms with E-state index in [0.717, 1.165) is 0 Å². The molecule has 0 saturated carbocycles. The molecule has 0 aliphatic heterocycles. The van der Waals surface area contributed by atoms with Crippen molar-refractivity contribution in [3.8, 4) is 5.75 Å². The van der Waals surface area contributed by atoms with Crippen LogP contribution in [0.1, 0.15) is 12.0 Å². The first-order valence-corrected chi connectivity index (χ1v) is 10.2. The van der Waals surface area contributed by atoms with Crippen molar-refractivity contribution >= 4 is 52.8 Å². The molecule has 0 spiro atoms. The maximum absolute atomic E-state index is 12.0. The maximum atomic E-state index is 12.0. The molecule has 0 saturated heterocycles. The number of amides is 3. The van der Waals surface area contributed by atoms with E-state index in [9.17, 15) is 14.4 Å². The summed E-state index contributed by atoms with van der Waals surface area (Å²) < 4.78 is 10.3. The lowest BCUT2D eigenvalue weighted by Gasteiger charge is -2.08. The molecular weight excluding hydrogens is 459 g/mol. The van der Waals surface area contributed by atoms with Crippen LogP contribution in [0, 0.1) is 0 Å². The summed E-state index contributed by atoms with van der Waals surface area (Å²) in [7, 11) is 1.55. The van der Waals surface area contributed by atoms with Gasteiger partial charge in [0.1, 0.15) is 5.75 Å². The minimum Gasteiger partial charge on any atom is -0.484 e. The largest absolute Gasteiger partial charge is 0.484 e. The number of benzene rings is 2. The second-order valence-electron chi connectivity index (χ2n) is 6.34. The Balaban J connectivity index is 1.74. The van der Waals surface area contributed by atoms with Gasteiger partial charge in [-0.1, -0.05) is 23.2 Å². The molecule has 0 aliphatic rings. The fourth-order valence-electron chi connectivity index (χ4n) is 2.28. The van der Waals surface area contributed by atoms with E-state index in [4.69, 9.17) is 32.7 Å². The molecule has 0 radical (unpaired) electrons. The molecule has 0 aliphatic carbocycles. The quantitative estimate of drug-likeness (QED) is 0.209. The summed E-state index contributed by atoms with van der Waals surface area (Å²) in [4.78, 5) is 35.2. The molecule has 170 valence electrons. The van der Waals surface area contributed by atoms with Crippen LogP contribution in [0.5, 0.6) is 5.75 Å². The summed E-state index contributed by atoms with van der Waals surface area (Å²) in [5.41, 5.74) is 3.30. The van der Waals surface area contributed by atoms with Crippen LogP contribution in [0.25, 0.3) is 0 Å². The number of hydrogen-bond acceptors (Lipinski definition) is 6. The smallest absolute Gasteiger partial charge is 0.329 e. The number of carbonyl (C=O) groups excluding carboxylic acids is 3. The number of ether oxygens (including phenoxy) is 2. The standard InChI is InChI=1S/C21H22Cl2N4O5/c1-31-10-2-9-24-20(29)21(30)27-25-12-14-3-6-16(7-4-14)32-13-19(28)26-15-5-8-17(22)18(23)11-15/h3-8,11-12H,2,9-10,13H2,1H3,(H,24,29)(H,26,28)(H,27,30)/b25-12-. The molecule has 2 aromatic carbocycles. The lowest BCUT2D eigenvalue weighted by atomic mass is 10.2. The van der Waals surface area contributed by atoms with Crippen molar-refractivity contribution in [3.05, 3.63) is 58.1 Å². The van der Waals surface area contributed by atoms with E-state index < -0.39 is 11.8 Å². The summed E-state index contributed by atoms with van der Waals surface area (Å²) in [6.45, 7) is 0.613. The molecule has 0 bridgehead atoms. The Morgan fingerprint density at radius 2 is 1.78 bits per heavy atom. The van der Waals surface area contributed by atoms with Crippen LogP contribution in [0.15, 0.2) is 47.6 Å². The molecule has 0 heterocycles. The molecule has 0 aromatic heterocycles. The number of methoxy groups -OCH3 is 1. The Labute approximate surface area is 195 Å². The van der Waals surface area contributed by atoms with Gasteiger partial charge in [0.2, 0.25) is 0 Å². The average molecular weight is 481 g/mol. The summed E-state index contributed by atoms with van der Waals surface area (Å²) in [5.74, 6) is -1.55. The van der Waals surface area contributed by atoms with Gasteiger partial charge in [-0.15, -0.1) is 0 Å². The molecule has 3 N–H and O–H groups in total. The second-order valence-corrected chi connectivity index (χ2v) is 7.15. The number of carbonyl (C=O) groups is 3. The SMILES string of the molecule is COCCCNC(=O)C(=O)N/N=C\c1ccc(OCC(=O)Nc2ccc(Cl)c(Cl)c2)cc1. The number of hydrogen-bond donors (Lipinski definition) is 3. The number of anilines is 1. The Kier molecular flexibility index (Phi) is 10.5. The zero-order chi connectivity index (χ0) is 23.3. The highest BCUT2D eigenvalue weighted by atomic mass is 35.5. The van der Waals surface area contributed by atoms with E-state index in [-0.39, 0.29) is 12.5 Å². The summed E-state index contributed by atoms with van der Waals surface area (Å²) in [6.07, 6.45) is 1.97. The van der Waals surface area contributed by atoms with Crippen LogP contribution < -0.4 is 20.8 Å². The number of halogens is 2. The third-order valence-electron chi connectivity index (χ3n) is 3.85. The molecule has 9 nitrogen and oxygen atoms in total. The minimum absolute atomic E-state index is 0.205. The molecule has 0 fully saturated rings. The predicted octanol–water partition coefficient (Wildman–Crippen LogP) is 2.61. The van der Waals surface area contributed by atoms with Gasteiger partial charge < -0.3 is 20.1 Å². The van der Waals surface area contributed by atoms with Gasteiger partial charge in [-0.25, -0.2) is 5.43 Å². The first kappa shape index (κ1) is 25.1. The molecule has 0 atom stereocenters. The minimum atomic E-state index is -0.869. The topological polar surface area (TPSA) is 118 Å². The third-order valence-corrected chi connectivity index (χ3v) is 4.59. The Hall–Kier alpha value is -3.14. The van der Waals surface area contributed by atoms with Crippen molar-refractivity contribution in [2.45, 2.75) is 6.42 Å². The molecule has 2 rings (SSSR count). The van der Waals surface area contributed by atoms with Crippen LogP contribution in [0.2, 0.25) is 10.0 Å². The lowest BCUT2D eigenvalue weighted by Crippen LogP contribution is -2.38. The second kappa shape index (κ2) is 13.3. The molecule has 11 heteroatoms. The van der Waals surface area contributed by atoms with Crippen molar-refractivity contribution in [1.29, 1.82) is 0 Å². The summed E-state index contributed by atoms with van der Waals surface area (Å²) >= 11 is 11.8. The predicted molar refractivity (Wildman–Crippen MR) is 122 cm³/mol. The van der Waals surface area contributed by atoms with Gasteiger partial charge in [-0.3, -0.25) is 14.4 Å². The van der Waals surface area contributed by atoms with E-state index in [1.807, 2.05) is 0 Å². The summed E-state index contributed by atoms with van der Waals surface area (Å²) in [5, 5.41) is 9.57. The van der Waals surface area contributed by atoms with Crippen LogP contribution in [-0.4, -0.2) is 50.8 Å². The molecule has 3 amide bonds. The summed E-state index contributed by atoms with van der Waals surface area (Å²) in [6, 6.07) is 11.4. The average Bonchev–Trinajstić information content (AvgIpc) is 2.78. The van der Waals surface area contributed by atoms with Crippen molar-refractivity contribution in [3.63, 3.8) is 0 Å². The monoisotopic (exact) mass is 480 g/mol. The Morgan fingerprint density at radius 1 is 1.03 bits per heavy atom. The highest BCUT2D eigenvalue weighted by Crippen LogP contribution is 2.25. The van der Waals surface area contributed by atoms with Gasteiger partial charge in [0.15, 0.2) is 6.61 Å². The van der Waals surface area contributed by atoms with Gasteiger partial charge in [0.05, 0.1) is 16.3 Å². The molecule has 0 unspecified atom stereocenters. The van der Waals surface area contributed by atoms with Crippen LogP contribution in [-0.2, 0) is 19.1 Å². The van der Waals surface area contributed by atoms with E-state index in [0.29, 0.717) is 46.6 Å². The van der Waals surface area contributed by atoms with Crippen LogP contribution >= 0.6 is 23.2 Å². The van der Waals surface area contributed by atoms with Crippen molar-refractivity contribution < 1.29 is 23.9 Å². The Bertz CT molecular complexity index is 967. The highest BCUT2D eigenvalue weighted by molar-refractivity contribution is 6.42. The van der Waals surface area contributed by atoms with Gasteiger partial charge in [0.25, 0.3) is 5.91 Å². The van der Waals surface area contributed by atoms with E-state index in [1.54, 1.807) is 49.6 Å². The van der Waals surface area contributed by atoms with Gasteiger partial charge in [0, 0.05) is 25.9 Å². The van der Waals surface area contributed by atoms with Crippen molar-refractivity contribution in [2.24, 2.45) is 5.10 Å². The van der Waals surface area contributed by atoms with Crippen LogP contribution in [0.3, 0.4) is 0 Å². The number of nitrogens with one attached hydrogen (secondary N) is 3. The fourth-order valence-corrected chi connectivity index (χ4v) is 2.58. The molecular formula is C21H22Cl2N4O5. The normalized spacial score (nSPS) is 10.6. The van der Waals surface area contributed by atoms with E-state index >= 15 is 0 Å². The number of hydrazone groups is 1. The number of rotatable bonds is 10. The van der Waals surface area contributed by atoms with E-state index in [2.05, 4.69) is 21.2 Å². The zero-order valence-corrected chi connectivity index (χ0v) is 18.7. The number of nitrogens with zero attached hydrogens (tertiary/aromatic N) is 1.